The van der Waals surface area contributed by atoms with Gasteiger partial charge in [0.25, 0.3) is 0 Å². The van der Waals surface area contributed by atoms with Gasteiger partial charge in [0.2, 0.25) is 0 Å². The van der Waals surface area contributed by atoms with Gasteiger partial charge in [-0.3, -0.25) is 4.84 Å². The van der Waals surface area contributed by atoms with E-state index in [-0.39, 0.29) is 6.61 Å². The van der Waals surface area contributed by atoms with Crippen molar-refractivity contribution in [3.8, 4) is 0 Å². The fraction of sp³-hybridized carbons (Fsp3) is 0.125. The van der Waals surface area contributed by atoms with E-state index >= 15 is 0 Å². The summed E-state index contributed by atoms with van der Waals surface area (Å²) < 4.78 is 4.93. The van der Waals surface area contributed by atoms with Crippen molar-refractivity contribution in [1.29, 1.82) is 0 Å². The van der Waals surface area contributed by atoms with Gasteiger partial charge in [-0.15, -0.1) is 0 Å². The standard InChI is InChI=1S/C16H15NO3/c1-13-7-9-15(10-8-13)12-19-16(18)20-17-11-14-5-3-2-4-6-14/h2-11H,12H2,1H3/b17-11+. The zero-order valence-corrected chi connectivity index (χ0v) is 11.2. The maximum atomic E-state index is 11.3. The summed E-state index contributed by atoms with van der Waals surface area (Å²) in [7, 11) is 0. The molecule has 0 amide bonds. The van der Waals surface area contributed by atoms with Crippen LogP contribution >= 0.6 is 0 Å². The molecule has 102 valence electrons. The minimum Gasteiger partial charge on any atom is -0.428 e. The van der Waals surface area contributed by atoms with E-state index in [0.717, 1.165) is 16.7 Å². The molecule has 0 heterocycles. The Bertz CT molecular complexity index is 576. The smallest absolute Gasteiger partial charge is 0.428 e. The lowest BCUT2D eigenvalue weighted by Crippen LogP contribution is -2.04. The van der Waals surface area contributed by atoms with Crippen LogP contribution in [0.4, 0.5) is 4.79 Å². The Balaban J connectivity index is 1.76. The molecule has 20 heavy (non-hydrogen) atoms. The van der Waals surface area contributed by atoms with E-state index in [1.54, 1.807) is 0 Å². The predicted molar refractivity (Wildman–Crippen MR) is 76.5 cm³/mol. The minimum absolute atomic E-state index is 0.167. The monoisotopic (exact) mass is 269 g/mol. The molecule has 2 aromatic carbocycles. The molecule has 0 aliphatic rings. The second-order valence-electron chi connectivity index (χ2n) is 4.26. The van der Waals surface area contributed by atoms with Crippen LogP contribution in [0.5, 0.6) is 0 Å². The topological polar surface area (TPSA) is 47.9 Å². The third kappa shape index (κ3) is 4.57. The van der Waals surface area contributed by atoms with E-state index in [4.69, 9.17) is 4.74 Å². The Labute approximate surface area is 117 Å². The highest BCUT2D eigenvalue weighted by Crippen LogP contribution is 2.05. The number of carbonyl (C=O) groups is 1. The van der Waals surface area contributed by atoms with Crippen molar-refractivity contribution in [3.63, 3.8) is 0 Å². The van der Waals surface area contributed by atoms with Crippen molar-refractivity contribution in [2.45, 2.75) is 13.5 Å². The zero-order chi connectivity index (χ0) is 14.2. The summed E-state index contributed by atoms with van der Waals surface area (Å²) in [6.45, 7) is 2.16. The zero-order valence-electron chi connectivity index (χ0n) is 11.2. The molecular formula is C16H15NO3. The largest absolute Gasteiger partial charge is 0.535 e. The Morgan fingerprint density at radius 1 is 1.10 bits per heavy atom. The molecule has 0 unspecified atom stereocenters. The van der Waals surface area contributed by atoms with Gasteiger partial charge in [0.05, 0.1) is 6.21 Å². The van der Waals surface area contributed by atoms with Gasteiger partial charge in [0.1, 0.15) is 6.61 Å². The molecule has 0 fully saturated rings. The SMILES string of the molecule is Cc1ccc(COC(=O)O/N=C/c2ccccc2)cc1. The van der Waals surface area contributed by atoms with Crippen LogP contribution in [0.2, 0.25) is 0 Å². The highest BCUT2D eigenvalue weighted by atomic mass is 16.8. The summed E-state index contributed by atoms with van der Waals surface area (Å²) in [6.07, 6.45) is 0.630. The second kappa shape index (κ2) is 7.09. The Morgan fingerprint density at radius 3 is 2.50 bits per heavy atom. The molecule has 4 nitrogen and oxygen atoms in total. The maximum Gasteiger partial charge on any atom is 0.535 e. The molecule has 0 radical (unpaired) electrons. The molecule has 0 atom stereocenters. The van der Waals surface area contributed by atoms with Crippen LogP contribution in [-0.4, -0.2) is 12.4 Å². The molecule has 0 saturated carbocycles. The number of rotatable bonds is 4. The van der Waals surface area contributed by atoms with Gasteiger partial charge >= 0.3 is 6.16 Å². The molecule has 0 aliphatic carbocycles. The summed E-state index contributed by atoms with van der Waals surface area (Å²) in [5.74, 6) is 0. The third-order valence-electron chi connectivity index (χ3n) is 2.61. The Morgan fingerprint density at radius 2 is 1.80 bits per heavy atom. The molecule has 2 aromatic rings. The molecule has 0 N–H and O–H groups in total. The van der Waals surface area contributed by atoms with Crippen molar-refractivity contribution < 1.29 is 14.4 Å². The van der Waals surface area contributed by atoms with Crippen LogP contribution in [0.3, 0.4) is 0 Å². The lowest BCUT2D eigenvalue weighted by Gasteiger charge is -2.02. The normalized spacial score (nSPS) is 10.4. The summed E-state index contributed by atoms with van der Waals surface area (Å²) >= 11 is 0. The average Bonchev–Trinajstić information content (AvgIpc) is 2.48. The van der Waals surface area contributed by atoms with E-state index in [2.05, 4.69) is 9.99 Å². The van der Waals surface area contributed by atoms with E-state index in [9.17, 15) is 4.79 Å². The van der Waals surface area contributed by atoms with Crippen molar-refractivity contribution in [2.24, 2.45) is 5.16 Å². The minimum atomic E-state index is -0.822. The lowest BCUT2D eigenvalue weighted by molar-refractivity contribution is 0.0524. The summed E-state index contributed by atoms with van der Waals surface area (Å²) in [6, 6.07) is 17.1. The lowest BCUT2D eigenvalue weighted by atomic mass is 10.2. The van der Waals surface area contributed by atoms with Gasteiger partial charge in [-0.1, -0.05) is 65.3 Å². The van der Waals surface area contributed by atoms with Crippen molar-refractivity contribution in [3.05, 3.63) is 71.3 Å². The number of benzene rings is 2. The van der Waals surface area contributed by atoms with Crippen molar-refractivity contribution in [2.75, 3.05) is 0 Å². The van der Waals surface area contributed by atoms with E-state index in [0.29, 0.717) is 0 Å². The molecule has 0 spiro atoms. The van der Waals surface area contributed by atoms with Crippen LogP contribution < -0.4 is 0 Å². The molecule has 0 saturated heterocycles. The van der Waals surface area contributed by atoms with Gasteiger partial charge in [-0.05, 0) is 18.1 Å². The molecule has 0 aliphatic heterocycles. The first-order chi connectivity index (χ1) is 9.74. The number of hydrogen-bond acceptors (Lipinski definition) is 4. The first kappa shape index (κ1) is 13.8. The van der Waals surface area contributed by atoms with Crippen LogP contribution in [0.1, 0.15) is 16.7 Å². The quantitative estimate of drug-likeness (QED) is 0.368. The van der Waals surface area contributed by atoms with Crippen LogP contribution in [0, 0.1) is 6.92 Å². The number of aryl methyl sites for hydroxylation is 1. The van der Waals surface area contributed by atoms with Crippen LogP contribution in [-0.2, 0) is 16.2 Å². The fourth-order valence-electron chi connectivity index (χ4n) is 1.52. The fourth-order valence-corrected chi connectivity index (χ4v) is 1.52. The van der Waals surface area contributed by atoms with Gasteiger partial charge in [-0.25, -0.2) is 4.79 Å². The number of ether oxygens (including phenoxy) is 1. The highest BCUT2D eigenvalue weighted by Gasteiger charge is 2.03. The number of oxime groups is 1. The molecule has 4 heteroatoms. The number of carbonyl (C=O) groups excluding carboxylic acids is 1. The first-order valence-electron chi connectivity index (χ1n) is 6.22. The maximum absolute atomic E-state index is 11.3. The van der Waals surface area contributed by atoms with E-state index in [1.807, 2.05) is 61.5 Å². The van der Waals surface area contributed by atoms with Crippen molar-refractivity contribution in [1.82, 2.24) is 0 Å². The molecule has 0 aromatic heterocycles. The van der Waals surface area contributed by atoms with Gasteiger partial charge in [-0.2, -0.15) is 0 Å². The molecule has 0 bridgehead atoms. The first-order valence-corrected chi connectivity index (χ1v) is 6.22. The summed E-state index contributed by atoms with van der Waals surface area (Å²) in [5.41, 5.74) is 2.90. The summed E-state index contributed by atoms with van der Waals surface area (Å²) in [5, 5.41) is 3.57. The number of nitrogens with zero attached hydrogens (tertiary/aromatic N) is 1. The van der Waals surface area contributed by atoms with E-state index < -0.39 is 6.16 Å². The molecular weight excluding hydrogens is 254 g/mol. The predicted octanol–water partition coefficient (Wildman–Crippen LogP) is 3.68. The van der Waals surface area contributed by atoms with Crippen LogP contribution in [0.15, 0.2) is 59.8 Å². The van der Waals surface area contributed by atoms with E-state index in [1.165, 1.54) is 6.21 Å². The molecule has 2 rings (SSSR count). The van der Waals surface area contributed by atoms with Gasteiger partial charge in [0, 0.05) is 0 Å². The highest BCUT2D eigenvalue weighted by molar-refractivity contribution is 5.79. The van der Waals surface area contributed by atoms with Gasteiger partial charge in [0.15, 0.2) is 0 Å². The average molecular weight is 269 g/mol. The van der Waals surface area contributed by atoms with Crippen molar-refractivity contribution >= 4 is 12.4 Å². The summed E-state index contributed by atoms with van der Waals surface area (Å²) in [4.78, 5) is 15.9. The second-order valence-corrected chi connectivity index (χ2v) is 4.26. The van der Waals surface area contributed by atoms with Crippen LogP contribution in [0.25, 0.3) is 0 Å². The third-order valence-corrected chi connectivity index (χ3v) is 2.61. The van der Waals surface area contributed by atoms with Gasteiger partial charge < -0.3 is 4.74 Å². The number of hydrogen-bond donors (Lipinski definition) is 0. The Hall–Kier alpha value is -2.62. The Kier molecular flexibility index (Phi) is 4.89.